The second-order valence-corrected chi connectivity index (χ2v) is 6.03. The van der Waals surface area contributed by atoms with Crippen molar-refractivity contribution >= 4 is 5.91 Å². The second-order valence-electron chi connectivity index (χ2n) is 6.03. The molecule has 26 heavy (non-hydrogen) atoms. The fourth-order valence-electron chi connectivity index (χ4n) is 2.83. The van der Waals surface area contributed by atoms with E-state index in [1.165, 1.54) is 0 Å². The molecule has 1 unspecified atom stereocenters. The molecular formula is C20H24N2O4. The van der Waals surface area contributed by atoms with E-state index < -0.39 is 0 Å². The van der Waals surface area contributed by atoms with Gasteiger partial charge in [0.1, 0.15) is 12.4 Å². The summed E-state index contributed by atoms with van der Waals surface area (Å²) in [5, 5.41) is 2.91. The van der Waals surface area contributed by atoms with E-state index in [0.29, 0.717) is 37.0 Å². The zero-order valence-electron chi connectivity index (χ0n) is 14.9. The molecule has 0 radical (unpaired) electrons. The van der Waals surface area contributed by atoms with Gasteiger partial charge in [0.05, 0.1) is 18.3 Å². The van der Waals surface area contributed by atoms with Crippen molar-refractivity contribution in [3.63, 3.8) is 0 Å². The molecule has 6 nitrogen and oxygen atoms in total. The van der Waals surface area contributed by atoms with E-state index >= 15 is 0 Å². The Bertz CT molecular complexity index is 729. The maximum atomic E-state index is 12.6. The van der Waals surface area contributed by atoms with Crippen LogP contribution in [0.2, 0.25) is 0 Å². The first kappa shape index (κ1) is 18.2. The minimum Gasteiger partial charge on any atom is -0.490 e. The molecule has 1 N–H and O–H groups in total. The number of para-hydroxylation sites is 1. The van der Waals surface area contributed by atoms with Gasteiger partial charge in [-0.3, -0.25) is 4.79 Å². The predicted molar refractivity (Wildman–Crippen MR) is 97.5 cm³/mol. The summed E-state index contributed by atoms with van der Waals surface area (Å²) in [7, 11) is 0. The van der Waals surface area contributed by atoms with Gasteiger partial charge in [0, 0.05) is 24.9 Å². The van der Waals surface area contributed by atoms with Gasteiger partial charge in [-0.25, -0.2) is 4.98 Å². The van der Waals surface area contributed by atoms with Gasteiger partial charge < -0.3 is 19.5 Å². The van der Waals surface area contributed by atoms with Crippen molar-refractivity contribution < 1.29 is 19.0 Å². The van der Waals surface area contributed by atoms with E-state index in [1.807, 2.05) is 31.2 Å². The standard InChI is InChI=1S/C20H24N2O4/c1-2-24-20-15(7-5-11-21-20)13-22-19(23)17-9-3-4-10-18(17)26-14-16-8-6-12-25-16/h3-5,7,9-11,16H,2,6,8,12-14H2,1H3,(H,22,23). The number of carbonyl (C=O) groups excluding carboxylic acids is 1. The van der Waals surface area contributed by atoms with Gasteiger partial charge in [0.15, 0.2) is 0 Å². The third-order valence-electron chi connectivity index (χ3n) is 4.15. The van der Waals surface area contributed by atoms with Gasteiger partial charge in [0.2, 0.25) is 5.88 Å². The lowest BCUT2D eigenvalue weighted by atomic mass is 10.1. The number of aromatic nitrogens is 1. The molecule has 6 heteroatoms. The summed E-state index contributed by atoms with van der Waals surface area (Å²) in [5.74, 6) is 0.911. The van der Waals surface area contributed by atoms with Crippen LogP contribution in [0.3, 0.4) is 0 Å². The molecule has 1 atom stereocenters. The van der Waals surface area contributed by atoms with Crippen LogP contribution in [-0.2, 0) is 11.3 Å². The predicted octanol–water partition coefficient (Wildman–Crippen LogP) is 2.97. The molecule has 1 aliphatic rings. The smallest absolute Gasteiger partial charge is 0.255 e. The van der Waals surface area contributed by atoms with E-state index in [-0.39, 0.29) is 12.0 Å². The number of benzene rings is 1. The summed E-state index contributed by atoms with van der Waals surface area (Å²) in [6.07, 6.45) is 3.83. The lowest BCUT2D eigenvalue weighted by Gasteiger charge is -2.15. The minimum atomic E-state index is -0.195. The van der Waals surface area contributed by atoms with E-state index in [1.54, 1.807) is 18.3 Å². The number of rotatable bonds is 8. The average Bonchev–Trinajstić information content (AvgIpc) is 3.19. The number of carbonyl (C=O) groups is 1. The molecule has 1 aromatic heterocycles. The van der Waals surface area contributed by atoms with Gasteiger partial charge in [-0.1, -0.05) is 18.2 Å². The third-order valence-corrected chi connectivity index (χ3v) is 4.15. The average molecular weight is 356 g/mol. The highest BCUT2D eigenvalue weighted by molar-refractivity contribution is 5.96. The summed E-state index contributed by atoms with van der Waals surface area (Å²) in [5.41, 5.74) is 1.34. The molecule has 1 fully saturated rings. The van der Waals surface area contributed by atoms with Crippen LogP contribution in [0.4, 0.5) is 0 Å². The molecule has 0 spiro atoms. The number of ether oxygens (including phenoxy) is 3. The number of nitrogens with one attached hydrogen (secondary N) is 1. The minimum absolute atomic E-state index is 0.107. The first-order valence-corrected chi connectivity index (χ1v) is 8.96. The summed E-state index contributed by atoms with van der Waals surface area (Å²) in [6, 6.07) is 11.0. The van der Waals surface area contributed by atoms with E-state index in [0.717, 1.165) is 25.0 Å². The monoisotopic (exact) mass is 356 g/mol. The summed E-state index contributed by atoms with van der Waals surface area (Å²) >= 11 is 0. The Labute approximate surface area is 153 Å². The number of hydrogen-bond acceptors (Lipinski definition) is 5. The maximum absolute atomic E-state index is 12.6. The summed E-state index contributed by atoms with van der Waals surface area (Å²) in [6.45, 7) is 4.00. The molecule has 1 aromatic carbocycles. The van der Waals surface area contributed by atoms with Gasteiger partial charge in [-0.2, -0.15) is 0 Å². The zero-order chi connectivity index (χ0) is 18.2. The Morgan fingerprint density at radius 1 is 1.27 bits per heavy atom. The fourth-order valence-corrected chi connectivity index (χ4v) is 2.83. The van der Waals surface area contributed by atoms with Crippen molar-refractivity contribution in [2.45, 2.75) is 32.4 Å². The highest BCUT2D eigenvalue weighted by Gasteiger charge is 2.18. The molecule has 0 bridgehead atoms. The first-order valence-electron chi connectivity index (χ1n) is 8.96. The van der Waals surface area contributed by atoms with Gasteiger partial charge in [-0.05, 0) is 38.0 Å². The van der Waals surface area contributed by atoms with Crippen molar-refractivity contribution in [3.8, 4) is 11.6 Å². The van der Waals surface area contributed by atoms with Crippen molar-refractivity contribution in [2.75, 3.05) is 19.8 Å². The molecule has 1 aliphatic heterocycles. The Balaban J connectivity index is 1.62. The Hall–Kier alpha value is -2.60. The molecule has 1 saturated heterocycles. The number of nitrogens with zero attached hydrogens (tertiary/aromatic N) is 1. The summed E-state index contributed by atoms with van der Waals surface area (Å²) in [4.78, 5) is 16.8. The van der Waals surface area contributed by atoms with Crippen LogP contribution in [0, 0.1) is 0 Å². The molecule has 0 saturated carbocycles. The molecule has 2 aromatic rings. The van der Waals surface area contributed by atoms with Crippen molar-refractivity contribution in [2.24, 2.45) is 0 Å². The van der Waals surface area contributed by atoms with Crippen molar-refractivity contribution in [1.82, 2.24) is 10.3 Å². The molecule has 2 heterocycles. The maximum Gasteiger partial charge on any atom is 0.255 e. The number of hydrogen-bond donors (Lipinski definition) is 1. The quantitative estimate of drug-likeness (QED) is 0.787. The van der Waals surface area contributed by atoms with E-state index in [9.17, 15) is 4.79 Å². The molecule has 0 aliphatic carbocycles. The van der Waals surface area contributed by atoms with Gasteiger partial charge in [-0.15, -0.1) is 0 Å². The van der Waals surface area contributed by atoms with Crippen LogP contribution in [0.5, 0.6) is 11.6 Å². The molecule has 138 valence electrons. The Morgan fingerprint density at radius 2 is 2.15 bits per heavy atom. The lowest BCUT2D eigenvalue weighted by molar-refractivity contribution is 0.0670. The molecule has 1 amide bonds. The normalized spacial score (nSPS) is 16.3. The van der Waals surface area contributed by atoms with Crippen LogP contribution in [0.15, 0.2) is 42.6 Å². The second kappa shape index (κ2) is 9.20. The van der Waals surface area contributed by atoms with Gasteiger partial charge >= 0.3 is 0 Å². The molecule has 3 rings (SSSR count). The largest absolute Gasteiger partial charge is 0.490 e. The lowest BCUT2D eigenvalue weighted by Crippen LogP contribution is -2.25. The van der Waals surface area contributed by atoms with Crippen LogP contribution in [-0.4, -0.2) is 36.8 Å². The Morgan fingerprint density at radius 3 is 2.96 bits per heavy atom. The van der Waals surface area contributed by atoms with Crippen molar-refractivity contribution in [3.05, 3.63) is 53.7 Å². The first-order chi connectivity index (χ1) is 12.8. The van der Waals surface area contributed by atoms with Crippen LogP contribution in [0.1, 0.15) is 35.7 Å². The van der Waals surface area contributed by atoms with E-state index in [4.69, 9.17) is 14.2 Å². The highest BCUT2D eigenvalue weighted by atomic mass is 16.5. The molecular weight excluding hydrogens is 332 g/mol. The number of pyridine rings is 1. The van der Waals surface area contributed by atoms with Crippen LogP contribution in [0.25, 0.3) is 0 Å². The third kappa shape index (κ3) is 4.73. The summed E-state index contributed by atoms with van der Waals surface area (Å²) < 4.78 is 16.9. The van der Waals surface area contributed by atoms with Crippen LogP contribution >= 0.6 is 0 Å². The van der Waals surface area contributed by atoms with Gasteiger partial charge in [0.25, 0.3) is 5.91 Å². The SMILES string of the molecule is CCOc1ncccc1CNC(=O)c1ccccc1OCC1CCCO1. The van der Waals surface area contributed by atoms with E-state index in [2.05, 4.69) is 10.3 Å². The highest BCUT2D eigenvalue weighted by Crippen LogP contribution is 2.21. The topological polar surface area (TPSA) is 69.7 Å². The zero-order valence-corrected chi connectivity index (χ0v) is 14.9. The van der Waals surface area contributed by atoms with Crippen LogP contribution < -0.4 is 14.8 Å². The fraction of sp³-hybridized carbons (Fsp3) is 0.400. The van der Waals surface area contributed by atoms with Crippen molar-refractivity contribution in [1.29, 1.82) is 0 Å². The Kier molecular flexibility index (Phi) is 6.44. The number of amides is 1.